The molecule has 0 bridgehead atoms. The monoisotopic (exact) mass is 430 g/mol. The molecule has 0 spiro atoms. The van der Waals surface area contributed by atoms with Crippen molar-refractivity contribution in [2.75, 3.05) is 11.4 Å². The Hall–Kier alpha value is -3.36. The van der Waals surface area contributed by atoms with E-state index in [2.05, 4.69) is 15.0 Å². The molecule has 1 fully saturated rings. The Bertz CT molecular complexity index is 1070. The van der Waals surface area contributed by atoms with Gasteiger partial charge in [-0.15, -0.1) is 0 Å². The topological polar surface area (TPSA) is 59.0 Å². The van der Waals surface area contributed by atoms with Crippen molar-refractivity contribution in [3.63, 3.8) is 0 Å². The molecule has 0 saturated carbocycles. The van der Waals surface area contributed by atoms with Gasteiger partial charge in [0, 0.05) is 48.6 Å². The van der Waals surface area contributed by atoms with Gasteiger partial charge in [0.05, 0.1) is 0 Å². The number of carbonyl (C=O) groups excluding carboxylic acids is 1. The van der Waals surface area contributed by atoms with Crippen LogP contribution in [-0.4, -0.2) is 33.3 Å². The molecule has 1 aliphatic rings. The molecule has 0 unspecified atom stereocenters. The van der Waals surface area contributed by atoms with Crippen LogP contribution in [0.5, 0.6) is 0 Å². The highest BCUT2D eigenvalue weighted by atomic mass is 19.4. The SMILES string of the molecule is O=C(C[C@@H]1CCCN1c1cc(C(F)(F)F)nc(-c2cccnc2)n1)c1ccc(F)cc1. The number of anilines is 1. The summed E-state index contributed by atoms with van der Waals surface area (Å²) in [6.07, 6.45) is -0.281. The Labute approximate surface area is 175 Å². The van der Waals surface area contributed by atoms with E-state index in [9.17, 15) is 22.4 Å². The minimum Gasteiger partial charge on any atom is -0.353 e. The highest BCUT2D eigenvalue weighted by Gasteiger charge is 2.36. The summed E-state index contributed by atoms with van der Waals surface area (Å²) >= 11 is 0. The van der Waals surface area contributed by atoms with Gasteiger partial charge in [-0.05, 0) is 49.2 Å². The molecule has 31 heavy (non-hydrogen) atoms. The van der Waals surface area contributed by atoms with Crippen LogP contribution in [0.3, 0.4) is 0 Å². The van der Waals surface area contributed by atoms with E-state index in [1.165, 1.54) is 36.7 Å². The summed E-state index contributed by atoms with van der Waals surface area (Å²) in [5.41, 5.74) is -0.317. The summed E-state index contributed by atoms with van der Waals surface area (Å²) in [4.78, 5) is 26.3. The maximum absolute atomic E-state index is 13.5. The van der Waals surface area contributed by atoms with Crippen molar-refractivity contribution < 1.29 is 22.4 Å². The first-order valence-electron chi connectivity index (χ1n) is 9.73. The third kappa shape index (κ3) is 4.70. The number of benzene rings is 1. The van der Waals surface area contributed by atoms with E-state index >= 15 is 0 Å². The standard InChI is InChI=1S/C22H18F4N4O/c23-16-7-5-14(6-8-16)18(31)11-17-4-2-10-30(17)20-12-19(22(24,25)26)28-21(29-20)15-3-1-9-27-13-15/h1,3,5-9,12-13,17H,2,4,10-11H2/t17-/m0/s1. The lowest BCUT2D eigenvalue weighted by atomic mass is 10.0. The molecule has 1 atom stereocenters. The zero-order valence-electron chi connectivity index (χ0n) is 16.3. The fourth-order valence-corrected chi connectivity index (χ4v) is 3.67. The first kappa shape index (κ1) is 20.9. The Morgan fingerprint density at radius 2 is 1.90 bits per heavy atom. The molecule has 0 amide bonds. The summed E-state index contributed by atoms with van der Waals surface area (Å²) < 4.78 is 53.6. The number of alkyl halides is 3. The number of carbonyl (C=O) groups is 1. The van der Waals surface area contributed by atoms with Crippen LogP contribution in [0.4, 0.5) is 23.4 Å². The van der Waals surface area contributed by atoms with Crippen LogP contribution in [0, 0.1) is 5.82 Å². The van der Waals surface area contributed by atoms with Crippen molar-refractivity contribution in [1.29, 1.82) is 0 Å². The number of halogens is 4. The van der Waals surface area contributed by atoms with Crippen molar-refractivity contribution in [2.24, 2.45) is 0 Å². The van der Waals surface area contributed by atoms with Gasteiger partial charge >= 0.3 is 6.18 Å². The smallest absolute Gasteiger partial charge is 0.353 e. The molecule has 1 saturated heterocycles. The second kappa shape index (κ2) is 8.41. The Kier molecular flexibility index (Phi) is 5.67. The number of hydrogen-bond donors (Lipinski definition) is 0. The van der Waals surface area contributed by atoms with Crippen molar-refractivity contribution >= 4 is 11.6 Å². The Morgan fingerprint density at radius 1 is 1.13 bits per heavy atom. The molecule has 5 nitrogen and oxygen atoms in total. The fraction of sp³-hybridized carbons (Fsp3) is 0.273. The van der Waals surface area contributed by atoms with Gasteiger partial charge in [0.15, 0.2) is 17.3 Å². The van der Waals surface area contributed by atoms with Crippen LogP contribution < -0.4 is 4.90 Å². The molecule has 3 heterocycles. The average molecular weight is 430 g/mol. The Morgan fingerprint density at radius 3 is 2.58 bits per heavy atom. The number of Topliss-reactive ketones (excluding diaryl/α,β-unsaturated/α-hetero) is 1. The van der Waals surface area contributed by atoms with Crippen molar-refractivity contribution in [3.05, 3.63) is 71.9 Å². The summed E-state index contributed by atoms with van der Waals surface area (Å²) in [5.74, 6) is -0.596. The van der Waals surface area contributed by atoms with E-state index in [1.807, 2.05) is 0 Å². The summed E-state index contributed by atoms with van der Waals surface area (Å²) in [6, 6.07) is 9.02. The average Bonchev–Trinajstić information content (AvgIpc) is 3.22. The largest absolute Gasteiger partial charge is 0.433 e. The first-order valence-corrected chi connectivity index (χ1v) is 9.73. The maximum Gasteiger partial charge on any atom is 0.433 e. The highest BCUT2D eigenvalue weighted by molar-refractivity contribution is 5.96. The predicted octanol–water partition coefficient (Wildman–Crippen LogP) is 4.94. The molecule has 1 aromatic carbocycles. The normalized spacial score (nSPS) is 16.5. The van der Waals surface area contributed by atoms with Crippen LogP contribution >= 0.6 is 0 Å². The van der Waals surface area contributed by atoms with Gasteiger partial charge in [0.25, 0.3) is 0 Å². The lowest BCUT2D eigenvalue weighted by Crippen LogP contribution is -2.32. The van der Waals surface area contributed by atoms with Crippen molar-refractivity contribution in [2.45, 2.75) is 31.5 Å². The quantitative estimate of drug-likeness (QED) is 0.424. The number of nitrogens with zero attached hydrogens (tertiary/aromatic N) is 4. The minimum absolute atomic E-state index is 0.0755. The van der Waals surface area contributed by atoms with E-state index in [1.54, 1.807) is 17.0 Å². The number of pyridine rings is 1. The van der Waals surface area contributed by atoms with Crippen LogP contribution in [0.1, 0.15) is 35.3 Å². The number of rotatable bonds is 5. The van der Waals surface area contributed by atoms with Crippen molar-refractivity contribution in [1.82, 2.24) is 15.0 Å². The van der Waals surface area contributed by atoms with E-state index in [0.717, 1.165) is 12.5 Å². The zero-order valence-corrected chi connectivity index (χ0v) is 16.3. The van der Waals surface area contributed by atoms with Gasteiger partial charge in [0.2, 0.25) is 0 Å². The van der Waals surface area contributed by atoms with Gasteiger partial charge in [-0.3, -0.25) is 9.78 Å². The Balaban J connectivity index is 1.65. The van der Waals surface area contributed by atoms with Crippen LogP contribution in [-0.2, 0) is 6.18 Å². The highest BCUT2D eigenvalue weighted by Crippen LogP contribution is 2.34. The fourth-order valence-electron chi connectivity index (χ4n) is 3.67. The molecule has 4 rings (SSSR count). The molecular formula is C22H18F4N4O. The minimum atomic E-state index is -4.65. The maximum atomic E-state index is 13.5. The van der Waals surface area contributed by atoms with Crippen molar-refractivity contribution in [3.8, 4) is 11.4 Å². The third-order valence-corrected chi connectivity index (χ3v) is 5.18. The van der Waals surface area contributed by atoms with Gasteiger partial charge in [-0.2, -0.15) is 13.2 Å². The van der Waals surface area contributed by atoms with E-state index in [-0.39, 0.29) is 29.9 Å². The molecule has 9 heteroatoms. The lowest BCUT2D eigenvalue weighted by molar-refractivity contribution is -0.141. The first-order chi connectivity index (χ1) is 14.8. The molecular weight excluding hydrogens is 412 g/mol. The van der Waals surface area contributed by atoms with Gasteiger partial charge < -0.3 is 4.90 Å². The second-order valence-corrected chi connectivity index (χ2v) is 7.30. The molecule has 2 aromatic heterocycles. The molecule has 0 aliphatic carbocycles. The molecule has 0 N–H and O–H groups in total. The van der Waals surface area contributed by atoms with Crippen LogP contribution in [0.2, 0.25) is 0 Å². The van der Waals surface area contributed by atoms with Gasteiger partial charge in [0.1, 0.15) is 11.6 Å². The molecule has 0 radical (unpaired) electrons. The number of aromatic nitrogens is 3. The number of ketones is 1. The third-order valence-electron chi connectivity index (χ3n) is 5.18. The zero-order chi connectivity index (χ0) is 22.0. The summed E-state index contributed by atoms with van der Waals surface area (Å²) in [6.45, 7) is 0.474. The van der Waals surface area contributed by atoms with Gasteiger partial charge in [-0.25, -0.2) is 14.4 Å². The predicted molar refractivity (Wildman–Crippen MR) is 106 cm³/mol. The van der Waals surface area contributed by atoms with E-state index < -0.39 is 17.7 Å². The summed E-state index contributed by atoms with van der Waals surface area (Å²) in [5, 5.41) is 0. The van der Waals surface area contributed by atoms with Crippen LogP contribution in [0.15, 0.2) is 54.9 Å². The second-order valence-electron chi connectivity index (χ2n) is 7.30. The lowest BCUT2D eigenvalue weighted by Gasteiger charge is -2.26. The van der Waals surface area contributed by atoms with E-state index in [0.29, 0.717) is 24.1 Å². The van der Waals surface area contributed by atoms with Crippen LogP contribution in [0.25, 0.3) is 11.4 Å². The number of hydrogen-bond acceptors (Lipinski definition) is 5. The molecule has 160 valence electrons. The molecule has 1 aliphatic heterocycles. The molecule has 3 aromatic rings. The van der Waals surface area contributed by atoms with Gasteiger partial charge in [-0.1, -0.05) is 0 Å². The summed E-state index contributed by atoms with van der Waals surface area (Å²) in [7, 11) is 0. The van der Waals surface area contributed by atoms with E-state index in [4.69, 9.17) is 0 Å².